The molecule has 1 heterocycles. The minimum atomic E-state index is -0.391. The predicted molar refractivity (Wildman–Crippen MR) is 69.3 cm³/mol. The van der Waals surface area contributed by atoms with Crippen LogP contribution in [0.15, 0.2) is 42.6 Å². The molecule has 0 unspecified atom stereocenters. The van der Waals surface area contributed by atoms with Crippen molar-refractivity contribution in [2.75, 3.05) is 18.5 Å². The van der Waals surface area contributed by atoms with Crippen LogP contribution in [0.4, 0.5) is 10.2 Å². The maximum absolute atomic E-state index is 13.3. The Morgan fingerprint density at radius 2 is 2.11 bits per heavy atom. The van der Waals surface area contributed by atoms with E-state index in [4.69, 9.17) is 10.00 Å². The van der Waals surface area contributed by atoms with Crippen molar-refractivity contribution in [1.29, 1.82) is 5.26 Å². The van der Waals surface area contributed by atoms with E-state index in [1.165, 1.54) is 6.07 Å². The minimum Gasteiger partial charge on any atom is -0.489 e. The van der Waals surface area contributed by atoms with Gasteiger partial charge in [0.2, 0.25) is 0 Å². The molecule has 5 heteroatoms. The summed E-state index contributed by atoms with van der Waals surface area (Å²) in [4.78, 5) is 4.05. The maximum Gasteiger partial charge on any atom is 0.165 e. The van der Waals surface area contributed by atoms with Crippen molar-refractivity contribution in [3.63, 3.8) is 0 Å². The molecule has 96 valence electrons. The summed E-state index contributed by atoms with van der Waals surface area (Å²) in [7, 11) is 0. The van der Waals surface area contributed by atoms with E-state index in [0.717, 1.165) is 0 Å². The third-order valence-corrected chi connectivity index (χ3v) is 2.42. The highest BCUT2D eigenvalue weighted by molar-refractivity contribution is 5.51. The van der Waals surface area contributed by atoms with Gasteiger partial charge in [-0.25, -0.2) is 9.37 Å². The van der Waals surface area contributed by atoms with Gasteiger partial charge in [0, 0.05) is 6.20 Å². The maximum atomic E-state index is 13.3. The van der Waals surface area contributed by atoms with Gasteiger partial charge in [-0.15, -0.1) is 0 Å². The molecule has 1 aromatic carbocycles. The van der Waals surface area contributed by atoms with Gasteiger partial charge in [0.15, 0.2) is 11.6 Å². The smallest absolute Gasteiger partial charge is 0.165 e. The van der Waals surface area contributed by atoms with Crippen LogP contribution in [-0.4, -0.2) is 18.1 Å². The average molecular weight is 257 g/mol. The van der Waals surface area contributed by atoms with Gasteiger partial charge in [0.1, 0.15) is 18.5 Å². The zero-order valence-corrected chi connectivity index (χ0v) is 10.1. The molecule has 1 aromatic heterocycles. The lowest BCUT2D eigenvalue weighted by Crippen LogP contribution is -2.13. The fourth-order valence-corrected chi connectivity index (χ4v) is 1.53. The first-order valence-corrected chi connectivity index (χ1v) is 5.77. The van der Waals surface area contributed by atoms with Crippen LogP contribution in [0.3, 0.4) is 0 Å². The van der Waals surface area contributed by atoms with Crippen LogP contribution in [-0.2, 0) is 0 Å². The molecular formula is C14H12FN3O. The monoisotopic (exact) mass is 257 g/mol. The SMILES string of the molecule is N#Cc1cccnc1NCCOc1ccccc1F. The van der Waals surface area contributed by atoms with Crippen LogP contribution in [0.25, 0.3) is 0 Å². The molecule has 0 aliphatic heterocycles. The summed E-state index contributed by atoms with van der Waals surface area (Å²) < 4.78 is 18.5. The molecule has 2 rings (SSSR count). The summed E-state index contributed by atoms with van der Waals surface area (Å²) in [6.45, 7) is 0.711. The van der Waals surface area contributed by atoms with Gasteiger partial charge in [-0.1, -0.05) is 12.1 Å². The Morgan fingerprint density at radius 1 is 1.26 bits per heavy atom. The lowest BCUT2D eigenvalue weighted by atomic mass is 10.3. The Balaban J connectivity index is 1.85. The van der Waals surface area contributed by atoms with E-state index in [0.29, 0.717) is 17.9 Å². The van der Waals surface area contributed by atoms with E-state index < -0.39 is 5.82 Å². The standard InChI is InChI=1S/C14H12FN3O/c15-12-5-1-2-6-13(12)19-9-8-18-14-11(10-16)4-3-7-17-14/h1-7H,8-9H2,(H,17,18). The van der Waals surface area contributed by atoms with Crippen molar-refractivity contribution in [2.24, 2.45) is 0 Å². The van der Waals surface area contributed by atoms with Crippen molar-refractivity contribution >= 4 is 5.82 Å². The summed E-state index contributed by atoms with van der Waals surface area (Å²) in [6, 6.07) is 11.6. The third-order valence-electron chi connectivity index (χ3n) is 2.42. The Labute approximate surface area is 110 Å². The second-order valence-corrected chi connectivity index (χ2v) is 3.72. The molecule has 4 nitrogen and oxygen atoms in total. The Morgan fingerprint density at radius 3 is 2.89 bits per heavy atom. The molecule has 0 bridgehead atoms. The number of ether oxygens (including phenoxy) is 1. The van der Waals surface area contributed by atoms with Crippen LogP contribution >= 0.6 is 0 Å². The van der Waals surface area contributed by atoms with Crippen molar-refractivity contribution in [3.8, 4) is 11.8 Å². The van der Waals surface area contributed by atoms with Gasteiger partial charge >= 0.3 is 0 Å². The number of halogens is 1. The van der Waals surface area contributed by atoms with Gasteiger partial charge in [-0.2, -0.15) is 5.26 Å². The first-order valence-electron chi connectivity index (χ1n) is 5.77. The number of rotatable bonds is 5. The number of hydrogen-bond donors (Lipinski definition) is 1. The topological polar surface area (TPSA) is 57.9 Å². The van der Waals surface area contributed by atoms with E-state index in [-0.39, 0.29) is 12.4 Å². The van der Waals surface area contributed by atoms with E-state index in [1.54, 1.807) is 36.5 Å². The third kappa shape index (κ3) is 3.42. The number of pyridine rings is 1. The summed E-state index contributed by atoms with van der Waals surface area (Å²) in [5, 5.41) is 11.9. The van der Waals surface area contributed by atoms with E-state index in [2.05, 4.69) is 10.3 Å². The number of anilines is 1. The van der Waals surface area contributed by atoms with Gasteiger partial charge in [0.05, 0.1) is 12.1 Å². The molecule has 19 heavy (non-hydrogen) atoms. The number of benzene rings is 1. The van der Waals surface area contributed by atoms with E-state index >= 15 is 0 Å². The predicted octanol–water partition coefficient (Wildman–Crippen LogP) is 2.58. The van der Waals surface area contributed by atoms with E-state index in [1.807, 2.05) is 6.07 Å². The summed E-state index contributed by atoms with van der Waals surface area (Å²) in [5.41, 5.74) is 0.466. The second kappa shape index (κ2) is 6.36. The molecule has 1 N–H and O–H groups in total. The molecule has 2 aromatic rings. The van der Waals surface area contributed by atoms with E-state index in [9.17, 15) is 4.39 Å². The number of nitriles is 1. The quantitative estimate of drug-likeness (QED) is 0.836. The van der Waals surface area contributed by atoms with Crippen LogP contribution in [0.2, 0.25) is 0 Å². The number of hydrogen-bond acceptors (Lipinski definition) is 4. The van der Waals surface area contributed by atoms with Gasteiger partial charge < -0.3 is 10.1 Å². The molecular weight excluding hydrogens is 245 g/mol. The average Bonchev–Trinajstić information content (AvgIpc) is 2.45. The molecule has 0 aliphatic rings. The summed E-state index contributed by atoms with van der Waals surface area (Å²) >= 11 is 0. The van der Waals surface area contributed by atoms with Crippen molar-refractivity contribution in [2.45, 2.75) is 0 Å². The van der Waals surface area contributed by atoms with Crippen LogP contribution in [0.1, 0.15) is 5.56 Å². The number of aromatic nitrogens is 1. The highest BCUT2D eigenvalue weighted by atomic mass is 19.1. The van der Waals surface area contributed by atoms with Gasteiger partial charge in [0.25, 0.3) is 0 Å². The molecule has 0 fully saturated rings. The fourth-order valence-electron chi connectivity index (χ4n) is 1.53. The zero-order valence-electron chi connectivity index (χ0n) is 10.1. The molecule has 0 amide bonds. The fraction of sp³-hybridized carbons (Fsp3) is 0.143. The highest BCUT2D eigenvalue weighted by Crippen LogP contribution is 2.15. The molecule has 0 atom stereocenters. The lowest BCUT2D eigenvalue weighted by Gasteiger charge is -2.09. The van der Waals surface area contributed by atoms with Crippen molar-refractivity contribution in [1.82, 2.24) is 4.98 Å². The number of para-hydroxylation sites is 1. The molecule has 0 saturated carbocycles. The van der Waals surface area contributed by atoms with Crippen LogP contribution in [0, 0.1) is 17.1 Å². The Hall–Kier alpha value is -2.61. The van der Waals surface area contributed by atoms with Crippen LogP contribution in [0.5, 0.6) is 5.75 Å². The molecule has 0 spiro atoms. The van der Waals surface area contributed by atoms with Gasteiger partial charge in [-0.05, 0) is 24.3 Å². The summed E-state index contributed by atoms with van der Waals surface area (Å²) in [5.74, 6) is 0.325. The highest BCUT2D eigenvalue weighted by Gasteiger charge is 2.03. The lowest BCUT2D eigenvalue weighted by molar-refractivity contribution is 0.315. The Bertz CT molecular complexity index is 595. The largest absolute Gasteiger partial charge is 0.489 e. The second-order valence-electron chi connectivity index (χ2n) is 3.72. The Kier molecular flexibility index (Phi) is 4.29. The molecule has 0 radical (unpaired) electrons. The normalized spacial score (nSPS) is 9.68. The zero-order chi connectivity index (χ0) is 13.5. The van der Waals surface area contributed by atoms with Crippen LogP contribution < -0.4 is 10.1 Å². The number of nitrogens with zero attached hydrogens (tertiary/aromatic N) is 2. The first kappa shape index (κ1) is 12.8. The first-order chi connectivity index (χ1) is 9.31. The minimum absolute atomic E-state index is 0.214. The summed E-state index contributed by atoms with van der Waals surface area (Å²) in [6.07, 6.45) is 1.60. The molecule has 0 saturated heterocycles. The van der Waals surface area contributed by atoms with Gasteiger partial charge in [-0.3, -0.25) is 0 Å². The number of nitrogens with one attached hydrogen (secondary N) is 1. The van der Waals surface area contributed by atoms with Crippen molar-refractivity contribution < 1.29 is 9.13 Å². The molecule has 0 aliphatic carbocycles. The van der Waals surface area contributed by atoms with Crippen molar-refractivity contribution in [3.05, 3.63) is 54.0 Å².